The van der Waals surface area contributed by atoms with E-state index >= 15 is 0 Å². The van der Waals surface area contributed by atoms with Gasteiger partial charge < -0.3 is 5.32 Å². The van der Waals surface area contributed by atoms with Gasteiger partial charge in [0.15, 0.2) is 0 Å². The standard InChI is InChI=1S/C20H17N3O3/c1-15(16-8-3-2-4-9-16)22-20(24)18(14-21)12-7-11-17-10-5-6-13-19(17)23(25)26/h2-13,15H,1H3,(H,22,24)/b11-7+,18-12-/t15-/m0/s1. The van der Waals surface area contributed by atoms with Crippen LogP contribution in [0.1, 0.15) is 24.1 Å². The molecule has 0 radical (unpaired) electrons. The molecule has 0 unspecified atom stereocenters. The number of hydrogen-bond donors (Lipinski definition) is 1. The van der Waals surface area contributed by atoms with Crippen molar-refractivity contribution in [3.05, 3.63) is 93.6 Å². The summed E-state index contributed by atoms with van der Waals surface area (Å²) in [4.78, 5) is 22.7. The van der Waals surface area contributed by atoms with E-state index in [0.29, 0.717) is 5.56 Å². The average molecular weight is 347 g/mol. The van der Waals surface area contributed by atoms with Crippen LogP contribution in [0.3, 0.4) is 0 Å². The minimum absolute atomic E-state index is 0.0437. The molecule has 0 aromatic heterocycles. The van der Waals surface area contributed by atoms with E-state index in [1.165, 1.54) is 24.3 Å². The van der Waals surface area contributed by atoms with Crippen LogP contribution >= 0.6 is 0 Å². The largest absolute Gasteiger partial charge is 0.345 e. The number of benzene rings is 2. The third-order valence-electron chi connectivity index (χ3n) is 3.68. The molecule has 1 amide bonds. The van der Waals surface area contributed by atoms with Crippen LogP contribution in [0, 0.1) is 21.4 Å². The normalized spacial score (nSPS) is 12.4. The number of carbonyl (C=O) groups excluding carboxylic acids is 1. The summed E-state index contributed by atoms with van der Waals surface area (Å²) in [5.74, 6) is -0.504. The van der Waals surface area contributed by atoms with Crippen molar-refractivity contribution in [1.29, 1.82) is 5.26 Å². The summed E-state index contributed by atoms with van der Waals surface area (Å²) in [5.41, 5.74) is 1.19. The zero-order valence-corrected chi connectivity index (χ0v) is 14.1. The Bertz CT molecular complexity index is 896. The molecule has 0 aliphatic heterocycles. The first-order valence-corrected chi connectivity index (χ1v) is 7.90. The van der Waals surface area contributed by atoms with Crippen LogP contribution in [0.25, 0.3) is 6.08 Å². The summed E-state index contributed by atoms with van der Waals surface area (Å²) < 4.78 is 0. The number of rotatable bonds is 6. The Morgan fingerprint density at radius 3 is 2.50 bits per heavy atom. The number of carbonyl (C=O) groups is 1. The van der Waals surface area contributed by atoms with Gasteiger partial charge in [-0.1, -0.05) is 48.5 Å². The monoisotopic (exact) mass is 347 g/mol. The number of hydrogen-bond acceptors (Lipinski definition) is 4. The SMILES string of the molecule is C[C@H](NC(=O)/C(C#N)=C\C=C\c1ccccc1[N+](=O)[O-])c1ccccc1. The number of allylic oxidation sites excluding steroid dienone is 2. The van der Waals surface area contributed by atoms with Crippen molar-refractivity contribution < 1.29 is 9.72 Å². The van der Waals surface area contributed by atoms with Crippen molar-refractivity contribution in [2.24, 2.45) is 0 Å². The first-order valence-electron chi connectivity index (χ1n) is 7.90. The van der Waals surface area contributed by atoms with Crippen LogP contribution in [-0.4, -0.2) is 10.8 Å². The zero-order valence-electron chi connectivity index (χ0n) is 14.1. The Morgan fingerprint density at radius 1 is 1.19 bits per heavy atom. The molecule has 130 valence electrons. The highest BCUT2D eigenvalue weighted by atomic mass is 16.6. The Hall–Kier alpha value is -3.72. The number of nitro groups is 1. The second-order valence-electron chi connectivity index (χ2n) is 5.47. The summed E-state index contributed by atoms with van der Waals surface area (Å²) >= 11 is 0. The predicted molar refractivity (Wildman–Crippen MR) is 98.8 cm³/mol. The van der Waals surface area contributed by atoms with Gasteiger partial charge in [0.25, 0.3) is 11.6 Å². The minimum atomic E-state index is -0.504. The van der Waals surface area contributed by atoms with E-state index in [9.17, 15) is 20.2 Å². The molecule has 0 spiro atoms. The van der Waals surface area contributed by atoms with Gasteiger partial charge in [-0.2, -0.15) is 5.26 Å². The lowest BCUT2D eigenvalue weighted by Gasteiger charge is -2.13. The molecule has 0 aliphatic carbocycles. The molecule has 26 heavy (non-hydrogen) atoms. The highest BCUT2D eigenvalue weighted by molar-refractivity contribution is 5.97. The van der Waals surface area contributed by atoms with Crippen LogP contribution in [0.15, 0.2) is 72.3 Å². The summed E-state index contributed by atoms with van der Waals surface area (Å²) in [6.07, 6.45) is 4.28. The first kappa shape index (κ1) is 18.6. The zero-order chi connectivity index (χ0) is 18.9. The van der Waals surface area contributed by atoms with Crippen LogP contribution in [0.5, 0.6) is 0 Å². The van der Waals surface area contributed by atoms with Crippen LogP contribution in [0.4, 0.5) is 5.69 Å². The molecule has 0 saturated carbocycles. The maximum Gasteiger partial charge on any atom is 0.276 e. The number of nitrogens with zero attached hydrogens (tertiary/aromatic N) is 2. The van der Waals surface area contributed by atoms with Crippen molar-refractivity contribution in [1.82, 2.24) is 5.32 Å². The highest BCUT2D eigenvalue weighted by Gasteiger charge is 2.13. The fraction of sp³-hybridized carbons (Fsp3) is 0.100. The molecule has 0 bridgehead atoms. The minimum Gasteiger partial charge on any atom is -0.345 e. The quantitative estimate of drug-likeness (QED) is 0.281. The fourth-order valence-electron chi connectivity index (χ4n) is 2.31. The van der Waals surface area contributed by atoms with Crippen molar-refractivity contribution in [2.75, 3.05) is 0 Å². The third-order valence-corrected chi connectivity index (χ3v) is 3.68. The van der Waals surface area contributed by atoms with Crippen molar-refractivity contribution in [2.45, 2.75) is 13.0 Å². The molecule has 0 saturated heterocycles. The van der Waals surface area contributed by atoms with E-state index < -0.39 is 10.8 Å². The van der Waals surface area contributed by atoms with Crippen molar-refractivity contribution in [3.8, 4) is 6.07 Å². The van der Waals surface area contributed by atoms with E-state index in [-0.39, 0.29) is 17.3 Å². The number of nitrogens with one attached hydrogen (secondary N) is 1. The molecule has 0 heterocycles. The summed E-state index contributed by atoms with van der Waals surface area (Å²) in [7, 11) is 0. The van der Waals surface area contributed by atoms with Gasteiger partial charge in [0.1, 0.15) is 11.6 Å². The van der Waals surface area contributed by atoms with Crippen LogP contribution in [0.2, 0.25) is 0 Å². The second kappa shape index (κ2) is 8.94. The van der Waals surface area contributed by atoms with E-state index in [1.54, 1.807) is 18.2 Å². The lowest BCUT2D eigenvalue weighted by molar-refractivity contribution is -0.385. The Balaban J connectivity index is 2.12. The maximum atomic E-state index is 12.2. The van der Waals surface area contributed by atoms with Crippen LogP contribution < -0.4 is 5.32 Å². The van der Waals surface area contributed by atoms with E-state index in [0.717, 1.165) is 5.56 Å². The van der Waals surface area contributed by atoms with Gasteiger partial charge in [-0.05, 0) is 30.7 Å². The molecule has 1 N–H and O–H groups in total. The third kappa shape index (κ3) is 4.89. The van der Waals surface area contributed by atoms with Gasteiger partial charge in [0, 0.05) is 6.07 Å². The number of amides is 1. The maximum absolute atomic E-state index is 12.2. The van der Waals surface area contributed by atoms with E-state index in [4.69, 9.17) is 0 Å². The highest BCUT2D eigenvalue weighted by Crippen LogP contribution is 2.19. The molecule has 2 rings (SSSR count). The topological polar surface area (TPSA) is 96.0 Å². The lowest BCUT2D eigenvalue weighted by atomic mass is 10.1. The van der Waals surface area contributed by atoms with Gasteiger partial charge in [0.2, 0.25) is 0 Å². The average Bonchev–Trinajstić information content (AvgIpc) is 2.66. The van der Waals surface area contributed by atoms with Crippen molar-refractivity contribution >= 4 is 17.7 Å². The molecule has 2 aromatic rings. The lowest BCUT2D eigenvalue weighted by Crippen LogP contribution is -2.27. The van der Waals surface area contributed by atoms with Crippen molar-refractivity contribution in [3.63, 3.8) is 0 Å². The summed E-state index contributed by atoms with van der Waals surface area (Å²) in [6, 6.07) is 17.2. The fourth-order valence-corrected chi connectivity index (χ4v) is 2.31. The number of para-hydroxylation sites is 1. The number of nitro benzene ring substituents is 1. The molecule has 0 fully saturated rings. The van der Waals surface area contributed by atoms with Gasteiger partial charge in [-0.15, -0.1) is 0 Å². The van der Waals surface area contributed by atoms with E-state index in [2.05, 4.69) is 5.32 Å². The smallest absolute Gasteiger partial charge is 0.276 e. The Morgan fingerprint density at radius 2 is 1.85 bits per heavy atom. The predicted octanol–water partition coefficient (Wildman–Crippen LogP) is 3.94. The molecular weight excluding hydrogens is 330 g/mol. The molecule has 6 nitrogen and oxygen atoms in total. The molecular formula is C20H17N3O3. The summed E-state index contributed by atoms with van der Waals surface area (Å²) in [6.45, 7) is 1.82. The number of nitriles is 1. The molecule has 6 heteroatoms. The molecule has 0 aliphatic rings. The molecule has 2 aromatic carbocycles. The molecule has 1 atom stereocenters. The summed E-state index contributed by atoms with van der Waals surface area (Å²) in [5, 5.41) is 22.9. The first-order chi connectivity index (χ1) is 12.5. The van der Waals surface area contributed by atoms with Gasteiger partial charge in [0.05, 0.1) is 16.5 Å². The Kier molecular flexibility index (Phi) is 6.40. The van der Waals surface area contributed by atoms with Gasteiger partial charge >= 0.3 is 0 Å². The van der Waals surface area contributed by atoms with Gasteiger partial charge in [-0.3, -0.25) is 14.9 Å². The van der Waals surface area contributed by atoms with Crippen LogP contribution in [-0.2, 0) is 4.79 Å². The van der Waals surface area contributed by atoms with Gasteiger partial charge in [-0.25, -0.2) is 0 Å². The van der Waals surface area contributed by atoms with E-state index in [1.807, 2.05) is 43.3 Å². The Labute approximate surface area is 151 Å². The second-order valence-corrected chi connectivity index (χ2v) is 5.47.